The molecule has 1 aliphatic heterocycles. The van der Waals surface area contributed by atoms with Crippen molar-refractivity contribution < 1.29 is 18.8 Å². The first-order valence-corrected chi connectivity index (χ1v) is 13.2. The smallest absolute Gasteiger partial charge is 0.408 e. The predicted molar refractivity (Wildman–Crippen MR) is 133 cm³/mol. The van der Waals surface area contributed by atoms with Gasteiger partial charge in [0.1, 0.15) is 12.6 Å². The summed E-state index contributed by atoms with van der Waals surface area (Å²) in [5, 5.41) is 7.85. The van der Waals surface area contributed by atoms with Crippen LogP contribution >= 0.6 is 0 Å². The number of rotatable bonds is 9. The maximum atomic E-state index is 12.1. The minimum Gasteiger partial charge on any atom is -0.445 e. The van der Waals surface area contributed by atoms with Crippen molar-refractivity contribution in [2.75, 3.05) is 13.2 Å². The first-order valence-electron chi connectivity index (χ1n) is 11.3. The van der Waals surface area contributed by atoms with Crippen molar-refractivity contribution in [1.82, 2.24) is 10.6 Å². The van der Waals surface area contributed by atoms with E-state index in [1.807, 2.05) is 19.1 Å². The molecular weight excluding hydrogens is 432 g/mol. The predicted octanol–water partition coefficient (Wildman–Crippen LogP) is 2.98. The molecule has 0 unspecified atom stereocenters. The maximum absolute atomic E-state index is 12.1. The number of benzene rings is 2. The van der Waals surface area contributed by atoms with E-state index in [1.165, 1.54) is 16.4 Å². The third-order valence-electron chi connectivity index (χ3n) is 6.15. The third kappa shape index (κ3) is 5.20. The number of hydrogen-bond donors (Lipinski definition) is 2. The molecule has 176 valence electrons. The summed E-state index contributed by atoms with van der Waals surface area (Å²) in [6.07, 6.45) is 0.859. The van der Waals surface area contributed by atoms with Gasteiger partial charge in [0, 0.05) is 12.5 Å². The number of amides is 2. The first kappa shape index (κ1) is 24.7. The summed E-state index contributed by atoms with van der Waals surface area (Å²) in [5.41, 5.74) is 0. The van der Waals surface area contributed by atoms with E-state index < -0.39 is 20.5 Å². The van der Waals surface area contributed by atoms with Crippen molar-refractivity contribution in [3.05, 3.63) is 73.3 Å². The molecular formula is C26H34N2O4Si. The molecule has 0 radical (unpaired) electrons. The quantitative estimate of drug-likeness (QED) is 0.338. The summed E-state index contributed by atoms with van der Waals surface area (Å²) in [4.78, 5) is 24.1. The lowest BCUT2D eigenvalue weighted by molar-refractivity contribution is -0.133. The fourth-order valence-corrected chi connectivity index (χ4v) is 9.12. The largest absolute Gasteiger partial charge is 0.445 e. The SMILES string of the molecule is C=CCOC(=O)N[C@H]1C(=O)N[C@@H]1[C@H](C)CO[Si](c1ccccc1)(c1ccccc1)C(C)(C)C. The average molecular weight is 467 g/mol. The highest BCUT2D eigenvalue weighted by Gasteiger charge is 2.51. The second kappa shape index (κ2) is 10.4. The monoisotopic (exact) mass is 466 g/mol. The lowest BCUT2D eigenvalue weighted by atomic mass is 9.88. The number of ether oxygens (including phenoxy) is 1. The van der Waals surface area contributed by atoms with Gasteiger partial charge < -0.3 is 19.8 Å². The highest BCUT2D eigenvalue weighted by molar-refractivity contribution is 6.99. The van der Waals surface area contributed by atoms with Gasteiger partial charge in [0.15, 0.2) is 0 Å². The van der Waals surface area contributed by atoms with Crippen molar-refractivity contribution in [2.45, 2.75) is 44.8 Å². The number of β-lactam (4-membered cyclic amide) rings is 1. The molecule has 0 spiro atoms. The number of carbonyl (C=O) groups excluding carboxylic acids is 2. The van der Waals surface area contributed by atoms with Gasteiger partial charge in [0.25, 0.3) is 8.32 Å². The van der Waals surface area contributed by atoms with Crippen LogP contribution in [0.2, 0.25) is 5.04 Å². The Morgan fingerprint density at radius 2 is 1.67 bits per heavy atom. The van der Waals surface area contributed by atoms with Gasteiger partial charge in [-0.1, -0.05) is 101 Å². The van der Waals surface area contributed by atoms with Crippen molar-refractivity contribution in [3.63, 3.8) is 0 Å². The minimum absolute atomic E-state index is 0.0194. The molecule has 1 fully saturated rings. The Morgan fingerprint density at radius 1 is 1.12 bits per heavy atom. The lowest BCUT2D eigenvalue weighted by Gasteiger charge is -2.45. The van der Waals surface area contributed by atoms with E-state index in [-0.39, 0.29) is 29.5 Å². The van der Waals surface area contributed by atoms with Gasteiger partial charge in [-0.05, 0) is 15.4 Å². The molecule has 0 aromatic heterocycles. The molecule has 0 aliphatic carbocycles. The van der Waals surface area contributed by atoms with Crippen LogP contribution in [-0.2, 0) is 14.0 Å². The zero-order valence-corrected chi connectivity index (χ0v) is 20.8. The molecule has 1 saturated heterocycles. The zero-order valence-electron chi connectivity index (χ0n) is 19.8. The molecule has 2 aromatic rings. The van der Waals surface area contributed by atoms with E-state index >= 15 is 0 Å². The van der Waals surface area contributed by atoms with Crippen LogP contribution in [0.25, 0.3) is 0 Å². The van der Waals surface area contributed by atoms with Gasteiger partial charge in [0.2, 0.25) is 5.91 Å². The number of carbonyl (C=O) groups is 2. The molecule has 7 heteroatoms. The van der Waals surface area contributed by atoms with Crippen LogP contribution in [0, 0.1) is 5.92 Å². The van der Waals surface area contributed by atoms with Crippen molar-refractivity contribution in [2.24, 2.45) is 5.92 Å². The van der Waals surface area contributed by atoms with E-state index in [1.54, 1.807) is 0 Å². The van der Waals surface area contributed by atoms with Gasteiger partial charge in [-0.2, -0.15) is 0 Å². The van der Waals surface area contributed by atoms with Crippen molar-refractivity contribution in [1.29, 1.82) is 0 Å². The van der Waals surface area contributed by atoms with Crippen LogP contribution in [0.4, 0.5) is 4.79 Å². The average Bonchev–Trinajstić information content (AvgIpc) is 2.80. The van der Waals surface area contributed by atoms with Crippen LogP contribution in [-0.4, -0.2) is 45.6 Å². The van der Waals surface area contributed by atoms with Crippen LogP contribution in [0.15, 0.2) is 73.3 Å². The second-order valence-electron chi connectivity index (χ2n) is 9.50. The summed E-state index contributed by atoms with van der Waals surface area (Å²) in [6.45, 7) is 12.8. The van der Waals surface area contributed by atoms with E-state index in [2.05, 4.69) is 86.5 Å². The molecule has 0 bridgehead atoms. The van der Waals surface area contributed by atoms with Gasteiger partial charge >= 0.3 is 6.09 Å². The standard InChI is InChI=1S/C26H34N2O4Si/c1-6-17-31-25(30)28-23-22(27-24(23)29)19(2)18-32-33(26(3,4)5,20-13-9-7-10-14-20)21-15-11-8-12-16-21/h6-16,19,22-23H,1,17-18H2,2-5H3,(H,27,29)(H,28,30)/t19-,22-,23-/m1/s1. The topological polar surface area (TPSA) is 76.7 Å². The molecule has 3 atom stereocenters. The molecule has 6 nitrogen and oxygen atoms in total. The molecule has 0 saturated carbocycles. The van der Waals surface area contributed by atoms with E-state index in [0.29, 0.717) is 6.61 Å². The van der Waals surface area contributed by atoms with Crippen LogP contribution in [0.1, 0.15) is 27.7 Å². The Labute approximate surface area is 197 Å². The summed E-state index contributed by atoms with van der Waals surface area (Å²) < 4.78 is 11.9. The molecule has 1 aliphatic rings. The third-order valence-corrected chi connectivity index (χ3v) is 11.2. The van der Waals surface area contributed by atoms with Gasteiger partial charge in [-0.25, -0.2) is 4.79 Å². The Kier molecular flexibility index (Phi) is 7.76. The summed E-state index contributed by atoms with van der Waals surface area (Å²) >= 11 is 0. The fourth-order valence-electron chi connectivity index (χ4n) is 4.46. The Balaban J connectivity index is 1.83. The highest BCUT2D eigenvalue weighted by atomic mass is 28.4. The van der Waals surface area contributed by atoms with Crippen LogP contribution in [0.5, 0.6) is 0 Å². The zero-order chi connectivity index (χ0) is 24.1. The van der Waals surface area contributed by atoms with E-state index in [0.717, 1.165) is 0 Å². The highest BCUT2D eigenvalue weighted by Crippen LogP contribution is 2.37. The first-order chi connectivity index (χ1) is 15.7. The summed E-state index contributed by atoms with van der Waals surface area (Å²) in [5.74, 6) is -0.234. The fraction of sp³-hybridized carbons (Fsp3) is 0.385. The minimum atomic E-state index is -2.67. The van der Waals surface area contributed by atoms with Gasteiger partial charge in [0.05, 0.1) is 6.04 Å². The van der Waals surface area contributed by atoms with Crippen LogP contribution < -0.4 is 21.0 Å². The van der Waals surface area contributed by atoms with E-state index in [9.17, 15) is 9.59 Å². The summed E-state index contributed by atoms with van der Waals surface area (Å²) in [7, 11) is -2.67. The van der Waals surface area contributed by atoms with E-state index in [4.69, 9.17) is 9.16 Å². The van der Waals surface area contributed by atoms with Crippen molar-refractivity contribution >= 4 is 30.7 Å². The lowest BCUT2D eigenvalue weighted by Crippen LogP contribution is -2.72. The molecule has 1 heterocycles. The molecule has 2 N–H and O–H groups in total. The Bertz CT molecular complexity index is 920. The molecule has 33 heavy (non-hydrogen) atoms. The normalized spacial score (nSPS) is 19.1. The van der Waals surface area contributed by atoms with Gasteiger partial charge in [-0.3, -0.25) is 4.79 Å². The Morgan fingerprint density at radius 3 is 2.12 bits per heavy atom. The summed E-state index contributed by atoms with van der Waals surface area (Å²) in [6, 6.07) is 20.0. The number of hydrogen-bond acceptors (Lipinski definition) is 4. The van der Waals surface area contributed by atoms with Crippen molar-refractivity contribution in [3.8, 4) is 0 Å². The molecule has 2 aromatic carbocycles. The maximum Gasteiger partial charge on any atom is 0.408 e. The van der Waals surface area contributed by atoms with Gasteiger partial charge in [-0.15, -0.1) is 0 Å². The Hall–Kier alpha value is -2.90. The molecule has 3 rings (SSSR count). The number of nitrogens with one attached hydrogen (secondary N) is 2. The number of alkyl carbamates (subject to hydrolysis) is 1. The molecule has 2 amide bonds. The van der Waals surface area contributed by atoms with Crippen LogP contribution in [0.3, 0.4) is 0 Å². The second-order valence-corrected chi connectivity index (χ2v) is 13.8.